The Kier molecular flexibility index (Phi) is 6.75. The number of hydrogen-bond acceptors (Lipinski definition) is 5. The molecule has 4 aromatic rings. The molecule has 3 aromatic carbocycles. The third kappa shape index (κ3) is 5.43. The molecule has 8 heteroatoms. The van der Waals surface area contributed by atoms with Gasteiger partial charge in [-0.25, -0.2) is 4.79 Å². The standard InChI is InChI=1S/C25H23N5O3/c1-33-22-14-12-20(13-15-22)17-27-30-25(32)23(24(31)26-16-19-8-4-2-5-9-19)29(28-30)18-21-10-6-3-7-11-21/h2-15,17H,16,18H2,1H3,(H-,26,28,31,32)/b27-17+. The summed E-state index contributed by atoms with van der Waals surface area (Å²) in [7, 11) is 1.59. The molecule has 1 heterocycles. The van der Waals surface area contributed by atoms with Crippen molar-refractivity contribution in [3.05, 3.63) is 118 Å². The van der Waals surface area contributed by atoms with Crippen molar-refractivity contribution in [2.24, 2.45) is 10.1 Å². The summed E-state index contributed by atoms with van der Waals surface area (Å²) in [6, 6.07) is 26.2. The molecular weight excluding hydrogens is 418 g/mol. The molecule has 0 saturated carbocycles. The number of aromatic amines is 1. The van der Waals surface area contributed by atoms with E-state index in [1.807, 2.05) is 72.8 Å². The summed E-state index contributed by atoms with van der Waals surface area (Å²) in [5.41, 5.74) is 1.92. The maximum atomic E-state index is 13.1. The highest BCUT2D eigenvalue weighted by Gasteiger charge is 2.22. The Morgan fingerprint density at radius 2 is 1.64 bits per heavy atom. The van der Waals surface area contributed by atoms with Crippen molar-refractivity contribution >= 4 is 12.1 Å². The first-order valence-corrected chi connectivity index (χ1v) is 10.4. The van der Waals surface area contributed by atoms with Crippen molar-refractivity contribution in [1.29, 1.82) is 0 Å². The largest absolute Gasteiger partial charge is 0.856 e. The lowest BCUT2D eigenvalue weighted by Gasteiger charge is -2.07. The number of hydrogen-bond donors (Lipinski definition) is 1. The Hall–Kier alpha value is -4.46. The van der Waals surface area contributed by atoms with Crippen LogP contribution in [-0.4, -0.2) is 29.2 Å². The third-order valence-corrected chi connectivity index (χ3v) is 4.95. The fourth-order valence-corrected chi connectivity index (χ4v) is 3.23. The number of H-pyrrole nitrogens is 1. The van der Waals surface area contributed by atoms with Crippen LogP contribution in [0.1, 0.15) is 22.4 Å². The van der Waals surface area contributed by atoms with Crippen LogP contribution in [0.15, 0.2) is 99.8 Å². The van der Waals surface area contributed by atoms with Crippen LogP contribution in [0.5, 0.6) is 5.75 Å². The molecule has 166 valence electrons. The molecule has 8 nitrogen and oxygen atoms in total. The van der Waals surface area contributed by atoms with Crippen molar-refractivity contribution in [2.75, 3.05) is 7.11 Å². The monoisotopic (exact) mass is 441 g/mol. The molecule has 0 spiro atoms. The van der Waals surface area contributed by atoms with Gasteiger partial charge < -0.3 is 9.84 Å². The Bertz CT molecular complexity index is 1310. The van der Waals surface area contributed by atoms with Gasteiger partial charge in [-0.3, -0.25) is 4.99 Å². The number of methoxy groups -OCH3 is 1. The predicted octanol–water partition coefficient (Wildman–Crippen LogP) is 1.71. The lowest BCUT2D eigenvalue weighted by atomic mass is 10.2. The smallest absolute Gasteiger partial charge is 0.427 e. The SMILES string of the molecule is COc1ccc(/C=N/n2[nH][n+](Cc3ccccc3)c(C([O-])=NCc3ccccc3)c2=O)cc1. The van der Waals surface area contributed by atoms with Crippen LogP contribution in [0.2, 0.25) is 0 Å². The van der Waals surface area contributed by atoms with E-state index in [9.17, 15) is 9.90 Å². The molecule has 0 saturated heterocycles. The highest BCUT2D eigenvalue weighted by molar-refractivity contribution is 5.86. The number of rotatable bonds is 8. The summed E-state index contributed by atoms with van der Waals surface area (Å²) in [4.78, 5) is 18.2. The molecule has 0 aliphatic carbocycles. The molecule has 33 heavy (non-hydrogen) atoms. The molecule has 0 bridgehead atoms. The molecular formula is C25H23N5O3. The van der Waals surface area contributed by atoms with E-state index in [1.165, 1.54) is 10.9 Å². The van der Waals surface area contributed by atoms with Gasteiger partial charge in [-0.05, 0) is 41.0 Å². The molecule has 0 amide bonds. The lowest BCUT2D eigenvalue weighted by molar-refractivity contribution is -0.750. The minimum atomic E-state index is -0.602. The summed E-state index contributed by atoms with van der Waals surface area (Å²) in [6.07, 6.45) is 1.53. The second-order valence-corrected chi connectivity index (χ2v) is 7.26. The van der Waals surface area contributed by atoms with Gasteiger partial charge in [0.1, 0.15) is 12.3 Å². The zero-order chi connectivity index (χ0) is 23.0. The fraction of sp³-hybridized carbons (Fsp3) is 0.120. The predicted molar refractivity (Wildman–Crippen MR) is 123 cm³/mol. The van der Waals surface area contributed by atoms with E-state index in [1.54, 1.807) is 19.2 Å². The van der Waals surface area contributed by atoms with E-state index in [2.05, 4.69) is 15.3 Å². The molecule has 0 unspecified atom stereocenters. The van der Waals surface area contributed by atoms with Crippen LogP contribution in [0.25, 0.3) is 0 Å². The first kappa shape index (κ1) is 21.8. The van der Waals surface area contributed by atoms with Crippen molar-refractivity contribution in [2.45, 2.75) is 13.1 Å². The number of aliphatic imine (C=N–C) groups is 1. The zero-order valence-corrected chi connectivity index (χ0v) is 18.1. The molecule has 0 fully saturated rings. The first-order chi connectivity index (χ1) is 16.1. The van der Waals surface area contributed by atoms with Gasteiger partial charge in [0, 0.05) is 10.7 Å². The van der Waals surface area contributed by atoms with Gasteiger partial charge in [0.15, 0.2) is 0 Å². The second-order valence-electron chi connectivity index (χ2n) is 7.26. The highest BCUT2D eigenvalue weighted by atomic mass is 16.5. The van der Waals surface area contributed by atoms with Crippen molar-refractivity contribution in [3.8, 4) is 5.75 Å². The molecule has 1 aromatic heterocycles. The van der Waals surface area contributed by atoms with E-state index in [-0.39, 0.29) is 12.2 Å². The molecule has 1 N–H and O–H groups in total. The van der Waals surface area contributed by atoms with E-state index in [0.717, 1.165) is 27.2 Å². The number of nitrogens with zero attached hydrogens (tertiary/aromatic N) is 4. The molecule has 0 atom stereocenters. The number of nitrogens with one attached hydrogen (secondary N) is 1. The maximum absolute atomic E-state index is 13.1. The molecule has 0 aliphatic heterocycles. The maximum Gasteiger partial charge on any atom is 0.427 e. The average molecular weight is 441 g/mol. The summed E-state index contributed by atoms with van der Waals surface area (Å²) < 4.78 is 6.62. The van der Waals surface area contributed by atoms with Gasteiger partial charge in [-0.15, -0.1) is 4.68 Å². The number of ether oxygens (including phenoxy) is 1. The quantitative estimate of drug-likeness (QED) is 0.256. The van der Waals surface area contributed by atoms with Gasteiger partial charge in [-0.1, -0.05) is 71.0 Å². The van der Waals surface area contributed by atoms with Gasteiger partial charge in [0.05, 0.1) is 19.9 Å². The van der Waals surface area contributed by atoms with Crippen LogP contribution >= 0.6 is 0 Å². The topological polar surface area (TPSA) is 98.7 Å². The molecule has 0 aliphatic rings. The van der Waals surface area contributed by atoms with Crippen LogP contribution in [0, 0.1) is 0 Å². The van der Waals surface area contributed by atoms with Crippen LogP contribution in [0.4, 0.5) is 0 Å². The third-order valence-electron chi connectivity index (χ3n) is 4.95. The second kappa shape index (κ2) is 10.2. The van der Waals surface area contributed by atoms with Crippen molar-refractivity contribution in [1.82, 2.24) is 10.0 Å². The van der Waals surface area contributed by atoms with Crippen molar-refractivity contribution in [3.63, 3.8) is 0 Å². The van der Waals surface area contributed by atoms with Crippen LogP contribution < -0.4 is 20.1 Å². The Labute approximate surface area is 190 Å². The summed E-state index contributed by atoms with van der Waals surface area (Å²) in [5, 5.41) is 20.0. The van der Waals surface area contributed by atoms with Gasteiger partial charge >= 0.3 is 5.56 Å². The van der Waals surface area contributed by atoms with E-state index >= 15 is 0 Å². The van der Waals surface area contributed by atoms with E-state index in [0.29, 0.717) is 6.54 Å². The summed E-state index contributed by atoms with van der Waals surface area (Å²) in [6.45, 7) is 0.480. The molecule has 4 rings (SSSR count). The van der Waals surface area contributed by atoms with E-state index in [4.69, 9.17) is 4.74 Å². The normalized spacial score (nSPS) is 11.7. The summed E-state index contributed by atoms with van der Waals surface area (Å²) in [5.74, 6) is 0.118. The average Bonchev–Trinajstić information content (AvgIpc) is 3.17. The lowest BCUT2D eigenvalue weighted by Crippen LogP contribution is -2.47. The Morgan fingerprint density at radius 1 is 1.00 bits per heavy atom. The molecule has 0 radical (unpaired) electrons. The van der Waals surface area contributed by atoms with Gasteiger partial charge in [0.25, 0.3) is 5.69 Å². The van der Waals surface area contributed by atoms with Gasteiger partial charge in [-0.2, -0.15) is 0 Å². The van der Waals surface area contributed by atoms with Crippen LogP contribution in [-0.2, 0) is 13.1 Å². The zero-order valence-electron chi connectivity index (χ0n) is 18.1. The highest BCUT2D eigenvalue weighted by Crippen LogP contribution is 2.09. The Morgan fingerprint density at radius 3 is 2.27 bits per heavy atom. The fourth-order valence-electron chi connectivity index (χ4n) is 3.23. The minimum absolute atomic E-state index is 0.0818. The Balaban J connectivity index is 1.67. The van der Waals surface area contributed by atoms with Gasteiger partial charge in [0.2, 0.25) is 0 Å². The number of benzene rings is 3. The first-order valence-electron chi connectivity index (χ1n) is 10.4. The number of aromatic nitrogens is 3. The van der Waals surface area contributed by atoms with E-state index < -0.39 is 11.5 Å². The summed E-state index contributed by atoms with van der Waals surface area (Å²) >= 11 is 0. The minimum Gasteiger partial charge on any atom is -0.856 e. The van der Waals surface area contributed by atoms with Crippen molar-refractivity contribution < 1.29 is 14.5 Å². The van der Waals surface area contributed by atoms with Crippen LogP contribution in [0.3, 0.4) is 0 Å².